The van der Waals surface area contributed by atoms with E-state index in [1.165, 1.54) is 5.56 Å². The molecule has 3 heteroatoms. The van der Waals surface area contributed by atoms with E-state index in [4.69, 9.17) is 9.47 Å². The molecule has 0 saturated heterocycles. The van der Waals surface area contributed by atoms with Gasteiger partial charge in [-0.05, 0) is 36.8 Å². The molecule has 0 radical (unpaired) electrons. The Bertz CT molecular complexity index is 568. The molecule has 2 aromatic rings. The molecule has 3 nitrogen and oxygen atoms in total. The zero-order valence-electron chi connectivity index (χ0n) is 11.6. The second-order valence-electron chi connectivity index (χ2n) is 4.99. The third-order valence-corrected chi connectivity index (χ3v) is 3.43. The summed E-state index contributed by atoms with van der Waals surface area (Å²) in [6.45, 7) is 3.59. The molecular weight excluding hydrogens is 250 g/mol. The van der Waals surface area contributed by atoms with Gasteiger partial charge >= 0.3 is 0 Å². The average Bonchev–Trinajstić information content (AvgIpc) is 2.72. The van der Waals surface area contributed by atoms with Crippen molar-refractivity contribution in [1.82, 2.24) is 0 Å². The quantitative estimate of drug-likeness (QED) is 0.912. The molecule has 0 aromatic heterocycles. The molecule has 20 heavy (non-hydrogen) atoms. The molecule has 1 aliphatic heterocycles. The highest BCUT2D eigenvalue weighted by Crippen LogP contribution is 2.33. The van der Waals surface area contributed by atoms with Crippen molar-refractivity contribution >= 4 is 5.69 Å². The van der Waals surface area contributed by atoms with Crippen LogP contribution >= 0.6 is 0 Å². The number of ether oxygens (including phenoxy) is 2. The van der Waals surface area contributed by atoms with E-state index >= 15 is 0 Å². The molecule has 1 heterocycles. The molecule has 0 aliphatic carbocycles. The first-order valence-corrected chi connectivity index (χ1v) is 7.04. The summed E-state index contributed by atoms with van der Waals surface area (Å²) in [6.07, 6.45) is 0.932. The number of nitrogens with one attached hydrogen (secondary N) is 1. The fourth-order valence-corrected chi connectivity index (χ4v) is 2.32. The molecule has 1 aliphatic rings. The van der Waals surface area contributed by atoms with Gasteiger partial charge in [0.05, 0.1) is 13.2 Å². The van der Waals surface area contributed by atoms with Gasteiger partial charge in [0.15, 0.2) is 11.5 Å². The Morgan fingerprint density at radius 2 is 1.70 bits per heavy atom. The lowest BCUT2D eigenvalue weighted by Gasteiger charge is -2.17. The third-order valence-electron chi connectivity index (χ3n) is 3.43. The van der Waals surface area contributed by atoms with Gasteiger partial charge in [-0.3, -0.25) is 0 Å². The van der Waals surface area contributed by atoms with Gasteiger partial charge in [-0.25, -0.2) is 0 Å². The highest BCUT2D eigenvalue weighted by atomic mass is 16.5. The van der Waals surface area contributed by atoms with Crippen molar-refractivity contribution in [3.05, 3.63) is 54.1 Å². The fourth-order valence-electron chi connectivity index (χ4n) is 2.32. The average molecular weight is 269 g/mol. The third kappa shape index (κ3) is 2.87. The SMILES string of the molecule is CC(Nc1ccccc1)c1ccc2c(c1)OCCCO2. The van der Waals surface area contributed by atoms with E-state index in [-0.39, 0.29) is 6.04 Å². The van der Waals surface area contributed by atoms with E-state index in [1.807, 2.05) is 24.3 Å². The van der Waals surface area contributed by atoms with Gasteiger partial charge in [-0.2, -0.15) is 0 Å². The van der Waals surface area contributed by atoms with Crippen molar-refractivity contribution in [1.29, 1.82) is 0 Å². The number of hydrogen-bond donors (Lipinski definition) is 1. The van der Waals surface area contributed by atoms with Crippen molar-refractivity contribution in [2.75, 3.05) is 18.5 Å². The van der Waals surface area contributed by atoms with Crippen molar-refractivity contribution in [2.24, 2.45) is 0 Å². The van der Waals surface area contributed by atoms with E-state index in [9.17, 15) is 0 Å². The molecule has 1 unspecified atom stereocenters. The zero-order valence-corrected chi connectivity index (χ0v) is 11.6. The van der Waals surface area contributed by atoms with Gasteiger partial charge < -0.3 is 14.8 Å². The summed E-state index contributed by atoms with van der Waals surface area (Å²) in [6, 6.07) is 16.6. The summed E-state index contributed by atoms with van der Waals surface area (Å²) in [5.74, 6) is 1.69. The fraction of sp³-hybridized carbons (Fsp3) is 0.294. The monoisotopic (exact) mass is 269 g/mol. The minimum atomic E-state index is 0.217. The normalized spacial score (nSPS) is 15.2. The largest absolute Gasteiger partial charge is 0.490 e. The van der Waals surface area contributed by atoms with E-state index in [2.05, 4.69) is 36.5 Å². The number of hydrogen-bond acceptors (Lipinski definition) is 3. The lowest BCUT2D eigenvalue weighted by molar-refractivity contribution is 0.297. The molecule has 1 atom stereocenters. The lowest BCUT2D eigenvalue weighted by atomic mass is 10.1. The van der Waals surface area contributed by atoms with Gasteiger partial charge in [0.25, 0.3) is 0 Å². The lowest BCUT2D eigenvalue weighted by Crippen LogP contribution is -2.06. The molecule has 2 aromatic carbocycles. The maximum absolute atomic E-state index is 5.74. The van der Waals surface area contributed by atoms with Gasteiger partial charge in [0, 0.05) is 18.2 Å². The van der Waals surface area contributed by atoms with Crippen molar-refractivity contribution in [3.8, 4) is 11.5 Å². The van der Waals surface area contributed by atoms with Crippen LogP contribution in [0, 0.1) is 0 Å². The smallest absolute Gasteiger partial charge is 0.161 e. The van der Waals surface area contributed by atoms with Crippen LogP contribution in [-0.2, 0) is 0 Å². The first-order valence-electron chi connectivity index (χ1n) is 7.04. The molecule has 104 valence electrons. The van der Waals surface area contributed by atoms with Crippen LogP contribution in [0.15, 0.2) is 48.5 Å². The molecule has 0 fully saturated rings. The van der Waals surface area contributed by atoms with Gasteiger partial charge in [-0.1, -0.05) is 24.3 Å². The van der Waals surface area contributed by atoms with E-state index in [1.54, 1.807) is 0 Å². The van der Waals surface area contributed by atoms with E-state index in [0.29, 0.717) is 0 Å². The maximum Gasteiger partial charge on any atom is 0.161 e. The van der Waals surface area contributed by atoms with E-state index in [0.717, 1.165) is 36.8 Å². The standard InChI is InChI=1S/C17H19NO2/c1-13(18-15-6-3-2-4-7-15)14-8-9-16-17(12-14)20-11-5-10-19-16/h2-4,6-9,12-13,18H,5,10-11H2,1H3. The molecular formula is C17H19NO2. The van der Waals surface area contributed by atoms with Crippen molar-refractivity contribution in [2.45, 2.75) is 19.4 Å². The predicted molar refractivity (Wildman–Crippen MR) is 80.5 cm³/mol. The summed E-state index contributed by atoms with van der Waals surface area (Å²) in [5, 5.41) is 3.48. The van der Waals surface area contributed by atoms with E-state index < -0.39 is 0 Å². The second-order valence-corrected chi connectivity index (χ2v) is 4.99. The Morgan fingerprint density at radius 3 is 2.50 bits per heavy atom. The Morgan fingerprint density at radius 1 is 0.950 bits per heavy atom. The number of rotatable bonds is 3. The van der Waals surface area contributed by atoms with Gasteiger partial charge in [0.2, 0.25) is 0 Å². The number of benzene rings is 2. The van der Waals surface area contributed by atoms with Crippen LogP contribution in [0.5, 0.6) is 11.5 Å². The number of para-hydroxylation sites is 1. The molecule has 0 amide bonds. The summed E-state index contributed by atoms with van der Waals surface area (Å²) in [7, 11) is 0. The van der Waals surface area contributed by atoms with Crippen LogP contribution in [0.3, 0.4) is 0 Å². The Labute approximate surface area is 119 Å². The molecule has 0 saturated carbocycles. The zero-order chi connectivity index (χ0) is 13.8. The Balaban J connectivity index is 1.78. The summed E-state index contributed by atoms with van der Waals surface area (Å²) < 4.78 is 11.4. The van der Waals surface area contributed by atoms with Gasteiger partial charge in [-0.15, -0.1) is 0 Å². The minimum Gasteiger partial charge on any atom is -0.490 e. The Hall–Kier alpha value is -2.16. The molecule has 0 spiro atoms. The first kappa shape index (κ1) is 12.9. The predicted octanol–water partition coefficient (Wildman–Crippen LogP) is 4.02. The molecule has 1 N–H and O–H groups in total. The summed E-state index contributed by atoms with van der Waals surface area (Å²) >= 11 is 0. The summed E-state index contributed by atoms with van der Waals surface area (Å²) in [5.41, 5.74) is 2.31. The summed E-state index contributed by atoms with van der Waals surface area (Å²) in [4.78, 5) is 0. The van der Waals surface area contributed by atoms with Crippen molar-refractivity contribution < 1.29 is 9.47 Å². The molecule has 0 bridgehead atoms. The first-order chi connectivity index (χ1) is 9.83. The Kier molecular flexibility index (Phi) is 3.77. The van der Waals surface area contributed by atoms with Crippen LogP contribution in [0.2, 0.25) is 0 Å². The highest BCUT2D eigenvalue weighted by Gasteiger charge is 2.13. The van der Waals surface area contributed by atoms with Crippen LogP contribution in [0.4, 0.5) is 5.69 Å². The van der Waals surface area contributed by atoms with Crippen LogP contribution in [0.1, 0.15) is 24.9 Å². The minimum absolute atomic E-state index is 0.217. The second kappa shape index (κ2) is 5.87. The van der Waals surface area contributed by atoms with Crippen molar-refractivity contribution in [3.63, 3.8) is 0 Å². The van der Waals surface area contributed by atoms with Gasteiger partial charge in [0.1, 0.15) is 0 Å². The topological polar surface area (TPSA) is 30.5 Å². The molecule has 3 rings (SSSR count). The number of fused-ring (bicyclic) bond motifs is 1. The van der Waals surface area contributed by atoms with Crippen LogP contribution in [-0.4, -0.2) is 13.2 Å². The number of anilines is 1. The highest BCUT2D eigenvalue weighted by molar-refractivity contribution is 5.48. The maximum atomic E-state index is 5.74. The van der Waals surface area contributed by atoms with Crippen LogP contribution < -0.4 is 14.8 Å². The van der Waals surface area contributed by atoms with Crippen LogP contribution in [0.25, 0.3) is 0 Å².